The highest BCUT2D eigenvalue weighted by atomic mass is 16.3. The lowest BCUT2D eigenvalue weighted by Gasteiger charge is -2.36. The highest BCUT2D eigenvalue weighted by Gasteiger charge is 2.19. The van der Waals surface area contributed by atoms with E-state index in [0.717, 1.165) is 38.5 Å². The normalized spacial score (nSPS) is 18.3. The van der Waals surface area contributed by atoms with Crippen LogP contribution in [0.15, 0.2) is 16.7 Å². The van der Waals surface area contributed by atoms with Crippen LogP contribution in [0.2, 0.25) is 0 Å². The first-order valence-corrected chi connectivity index (χ1v) is 7.42. The van der Waals surface area contributed by atoms with Crippen molar-refractivity contribution in [3.63, 3.8) is 0 Å². The Labute approximate surface area is 116 Å². The van der Waals surface area contributed by atoms with Crippen molar-refractivity contribution in [2.45, 2.75) is 39.9 Å². The molecule has 1 N–H and O–H groups in total. The molecule has 0 unspecified atom stereocenters. The van der Waals surface area contributed by atoms with Crippen LogP contribution in [-0.4, -0.2) is 48.6 Å². The molecule has 4 nitrogen and oxygen atoms in total. The van der Waals surface area contributed by atoms with E-state index in [1.165, 1.54) is 18.7 Å². The largest absolute Gasteiger partial charge is 0.468 e. The quantitative estimate of drug-likeness (QED) is 0.851. The Morgan fingerprint density at radius 1 is 1.26 bits per heavy atom. The third-order valence-electron chi connectivity index (χ3n) is 3.80. The van der Waals surface area contributed by atoms with E-state index in [1.807, 2.05) is 6.26 Å². The van der Waals surface area contributed by atoms with Crippen LogP contribution in [0, 0.1) is 0 Å². The van der Waals surface area contributed by atoms with Crippen molar-refractivity contribution in [2.75, 3.05) is 32.7 Å². The first kappa shape index (κ1) is 14.6. The molecule has 2 heterocycles. The molecule has 0 radical (unpaired) electrons. The number of furan rings is 1. The molecule has 1 aromatic rings. The molecule has 0 amide bonds. The van der Waals surface area contributed by atoms with Gasteiger partial charge >= 0.3 is 0 Å². The van der Waals surface area contributed by atoms with E-state index in [2.05, 4.69) is 42.0 Å². The number of hydrogen-bond acceptors (Lipinski definition) is 4. The minimum absolute atomic E-state index is 0.664. The minimum atomic E-state index is 0.664. The van der Waals surface area contributed by atoms with Crippen molar-refractivity contribution in [3.05, 3.63) is 23.7 Å². The molecule has 0 saturated carbocycles. The molecule has 0 aliphatic carbocycles. The summed E-state index contributed by atoms with van der Waals surface area (Å²) in [6.45, 7) is 14.1. The molecule has 1 aromatic heterocycles. The Hall–Kier alpha value is -0.840. The van der Waals surface area contributed by atoms with Gasteiger partial charge in [-0.1, -0.05) is 6.92 Å². The van der Waals surface area contributed by atoms with Gasteiger partial charge in [-0.25, -0.2) is 0 Å². The zero-order valence-electron chi connectivity index (χ0n) is 12.5. The van der Waals surface area contributed by atoms with Gasteiger partial charge in [0.25, 0.3) is 0 Å². The topological polar surface area (TPSA) is 31.7 Å². The molecule has 0 spiro atoms. The Bertz CT molecular complexity index is 367. The number of rotatable bonds is 6. The van der Waals surface area contributed by atoms with Crippen LogP contribution in [0.3, 0.4) is 0 Å². The smallest absolute Gasteiger partial charge is 0.118 e. The summed E-state index contributed by atoms with van der Waals surface area (Å²) in [4.78, 5) is 5.02. The van der Waals surface area contributed by atoms with Gasteiger partial charge in [0.05, 0.1) is 12.8 Å². The van der Waals surface area contributed by atoms with Gasteiger partial charge in [0.1, 0.15) is 5.76 Å². The first-order chi connectivity index (χ1) is 9.19. The molecule has 108 valence electrons. The van der Waals surface area contributed by atoms with Crippen LogP contribution in [0.5, 0.6) is 0 Å². The SMILES string of the molecule is CCNCc1coc(CN2CCN(C(C)C)CC2)c1. The van der Waals surface area contributed by atoms with Crippen LogP contribution < -0.4 is 5.32 Å². The Kier molecular flexibility index (Phi) is 5.43. The summed E-state index contributed by atoms with van der Waals surface area (Å²) in [7, 11) is 0. The molecule has 0 bridgehead atoms. The number of piperazine rings is 1. The zero-order chi connectivity index (χ0) is 13.7. The molecule has 1 aliphatic rings. The van der Waals surface area contributed by atoms with Gasteiger partial charge in [0, 0.05) is 44.3 Å². The summed E-state index contributed by atoms with van der Waals surface area (Å²) in [5.41, 5.74) is 1.25. The van der Waals surface area contributed by atoms with Crippen molar-refractivity contribution in [3.8, 4) is 0 Å². The van der Waals surface area contributed by atoms with Gasteiger partial charge in [-0.15, -0.1) is 0 Å². The standard InChI is InChI=1S/C15H27N3O/c1-4-16-10-14-9-15(19-12-14)11-17-5-7-18(8-6-17)13(2)3/h9,12-13,16H,4-8,10-11H2,1-3H3. The van der Waals surface area contributed by atoms with E-state index in [0.29, 0.717) is 6.04 Å². The molecular formula is C15H27N3O. The average molecular weight is 265 g/mol. The number of nitrogens with zero attached hydrogens (tertiary/aromatic N) is 2. The Balaban J connectivity index is 1.77. The molecule has 19 heavy (non-hydrogen) atoms. The summed E-state index contributed by atoms with van der Waals surface area (Å²) in [5.74, 6) is 1.09. The van der Waals surface area contributed by atoms with Crippen LogP contribution in [0.4, 0.5) is 0 Å². The second kappa shape index (κ2) is 7.08. The monoisotopic (exact) mass is 265 g/mol. The predicted octanol–water partition coefficient (Wildman–Crippen LogP) is 1.92. The van der Waals surface area contributed by atoms with Gasteiger partial charge in [-0.3, -0.25) is 9.80 Å². The molecule has 0 atom stereocenters. The lowest BCUT2D eigenvalue weighted by Crippen LogP contribution is -2.48. The summed E-state index contributed by atoms with van der Waals surface area (Å²) in [6.07, 6.45) is 1.88. The molecule has 1 aliphatic heterocycles. The van der Waals surface area contributed by atoms with Crippen LogP contribution in [0.25, 0.3) is 0 Å². The fourth-order valence-corrected chi connectivity index (χ4v) is 2.53. The van der Waals surface area contributed by atoms with Crippen LogP contribution in [-0.2, 0) is 13.1 Å². The molecule has 2 rings (SSSR count). The van der Waals surface area contributed by atoms with Gasteiger partial charge < -0.3 is 9.73 Å². The molecule has 1 fully saturated rings. The summed E-state index contributed by atoms with van der Waals surface area (Å²) in [5, 5.41) is 3.32. The van der Waals surface area contributed by atoms with Gasteiger partial charge in [-0.2, -0.15) is 0 Å². The van der Waals surface area contributed by atoms with E-state index in [9.17, 15) is 0 Å². The van der Waals surface area contributed by atoms with Crippen LogP contribution >= 0.6 is 0 Å². The van der Waals surface area contributed by atoms with Gasteiger partial charge in [0.2, 0.25) is 0 Å². The third kappa shape index (κ3) is 4.34. The molecule has 1 saturated heterocycles. The number of nitrogens with one attached hydrogen (secondary N) is 1. The van der Waals surface area contributed by atoms with Gasteiger partial charge in [-0.05, 0) is 26.5 Å². The number of hydrogen-bond donors (Lipinski definition) is 1. The molecular weight excluding hydrogens is 238 g/mol. The maximum absolute atomic E-state index is 5.64. The fourth-order valence-electron chi connectivity index (χ4n) is 2.53. The third-order valence-corrected chi connectivity index (χ3v) is 3.80. The first-order valence-electron chi connectivity index (χ1n) is 7.42. The lowest BCUT2D eigenvalue weighted by atomic mass is 10.2. The maximum Gasteiger partial charge on any atom is 0.118 e. The van der Waals surface area contributed by atoms with Crippen molar-refractivity contribution in [1.29, 1.82) is 0 Å². The highest BCUT2D eigenvalue weighted by molar-refractivity contribution is 5.12. The second-order valence-electron chi connectivity index (χ2n) is 5.61. The van der Waals surface area contributed by atoms with Crippen molar-refractivity contribution >= 4 is 0 Å². The van der Waals surface area contributed by atoms with Gasteiger partial charge in [0.15, 0.2) is 0 Å². The van der Waals surface area contributed by atoms with Crippen molar-refractivity contribution < 1.29 is 4.42 Å². The highest BCUT2D eigenvalue weighted by Crippen LogP contribution is 2.13. The molecule has 0 aromatic carbocycles. The average Bonchev–Trinajstić information content (AvgIpc) is 2.84. The molecule has 4 heteroatoms. The summed E-state index contributed by atoms with van der Waals surface area (Å²) >= 11 is 0. The zero-order valence-corrected chi connectivity index (χ0v) is 12.5. The minimum Gasteiger partial charge on any atom is -0.468 e. The van der Waals surface area contributed by atoms with E-state index >= 15 is 0 Å². The summed E-state index contributed by atoms with van der Waals surface area (Å²) < 4.78 is 5.64. The Morgan fingerprint density at radius 3 is 2.63 bits per heavy atom. The summed E-state index contributed by atoms with van der Waals surface area (Å²) in [6, 6.07) is 2.84. The Morgan fingerprint density at radius 2 is 2.00 bits per heavy atom. The van der Waals surface area contributed by atoms with E-state index in [1.54, 1.807) is 0 Å². The van der Waals surface area contributed by atoms with E-state index in [-0.39, 0.29) is 0 Å². The second-order valence-corrected chi connectivity index (χ2v) is 5.61. The van der Waals surface area contributed by atoms with Crippen molar-refractivity contribution in [2.24, 2.45) is 0 Å². The fraction of sp³-hybridized carbons (Fsp3) is 0.733. The lowest BCUT2D eigenvalue weighted by molar-refractivity contribution is 0.0991. The van der Waals surface area contributed by atoms with E-state index < -0.39 is 0 Å². The van der Waals surface area contributed by atoms with Crippen LogP contribution in [0.1, 0.15) is 32.1 Å². The van der Waals surface area contributed by atoms with Crippen molar-refractivity contribution in [1.82, 2.24) is 15.1 Å². The van der Waals surface area contributed by atoms with E-state index in [4.69, 9.17) is 4.42 Å². The maximum atomic E-state index is 5.64. The predicted molar refractivity (Wildman–Crippen MR) is 78.1 cm³/mol.